The van der Waals surface area contributed by atoms with Gasteiger partial charge < -0.3 is 0 Å². The van der Waals surface area contributed by atoms with E-state index in [1.807, 2.05) is 0 Å². The largest absolute Gasteiger partial charge is 0.420 e. The predicted molar refractivity (Wildman–Crippen MR) is 41.6 cm³/mol. The molecule has 0 aromatic heterocycles. The van der Waals surface area contributed by atoms with E-state index in [-0.39, 0.29) is 6.07 Å². The fourth-order valence-corrected chi connectivity index (χ4v) is 1.32. The van der Waals surface area contributed by atoms with E-state index in [2.05, 4.69) is 0 Å². The molecule has 0 amide bonds. The van der Waals surface area contributed by atoms with Gasteiger partial charge in [0.15, 0.2) is 0 Å². The minimum Gasteiger partial charge on any atom is -0.289 e. The molecule has 19 heavy (non-hydrogen) atoms. The lowest BCUT2D eigenvalue weighted by Crippen LogP contribution is -2.19. The molecule has 1 aromatic carbocycles. The minimum atomic E-state index is -5.84. The molecule has 1 nitrogen and oxygen atoms in total. The summed E-state index contributed by atoms with van der Waals surface area (Å²) in [7, 11) is 0. The summed E-state index contributed by atoms with van der Waals surface area (Å²) in [4.78, 5) is 0. The van der Waals surface area contributed by atoms with Gasteiger partial charge in [-0.3, -0.25) is 5.11 Å². The SMILES string of the molecule is [O]c1c(C(F)(F)F)ccc(C(F)(F)F)c1C(F)(F)F. The molecule has 107 valence electrons. The highest BCUT2D eigenvalue weighted by Gasteiger charge is 2.49. The molecule has 1 aromatic rings. The Morgan fingerprint density at radius 3 is 1.32 bits per heavy atom. The van der Waals surface area contributed by atoms with Crippen LogP contribution in [0.5, 0.6) is 5.75 Å². The Hall–Kier alpha value is -1.61. The van der Waals surface area contributed by atoms with Crippen LogP contribution in [0.3, 0.4) is 0 Å². The Morgan fingerprint density at radius 1 is 0.632 bits per heavy atom. The zero-order valence-electron chi connectivity index (χ0n) is 8.46. The van der Waals surface area contributed by atoms with E-state index in [1.165, 1.54) is 0 Å². The second-order valence-corrected chi connectivity index (χ2v) is 3.36. The van der Waals surface area contributed by atoms with Gasteiger partial charge in [-0.15, -0.1) is 0 Å². The molecule has 0 spiro atoms. The molecule has 0 atom stereocenters. The summed E-state index contributed by atoms with van der Waals surface area (Å²) in [6.07, 6.45) is -16.9. The van der Waals surface area contributed by atoms with Crippen LogP contribution in [0.4, 0.5) is 39.5 Å². The van der Waals surface area contributed by atoms with Gasteiger partial charge in [-0.2, -0.15) is 39.5 Å². The van der Waals surface area contributed by atoms with Crippen LogP contribution in [-0.4, -0.2) is 0 Å². The maximum Gasteiger partial charge on any atom is 0.420 e. The van der Waals surface area contributed by atoms with Gasteiger partial charge in [0.25, 0.3) is 0 Å². The molecule has 1 rings (SSSR count). The molecule has 0 fully saturated rings. The van der Waals surface area contributed by atoms with Gasteiger partial charge >= 0.3 is 18.5 Å². The highest BCUT2D eigenvalue weighted by Crippen LogP contribution is 2.49. The molecule has 0 N–H and O–H groups in total. The van der Waals surface area contributed by atoms with E-state index in [1.54, 1.807) is 0 Å². The smallest absolute Gasteiger partial charge is 0.289 e. The van der Waals surface area contributed by atoms with Crippen molar-refractivity contribution in [1.29, 1.82) is 0 Å². The Bertz CT molecular complexity index is 480. The summed E-state index contributed by atoms with van der Waals surface area (Å²) < 4.78 is 110. The molecule has 0 aliphatic carbocycles. The van der Waals surface area contributed by atoms with Gasteiger partial charge in [0, 0.05) is 0 Å². The van der Waals surface area contributed by atoms with Crippen molar-refractivity contribution < 1.29 is 44.6 Å². The van der Waals surface area contributed by atoms with Crippen molar-refractivity contribution in [3.8, 4) is 5.75 Å². The fraction of sp³-hybridized carbons (Fsp3) is 0.333. The molecule has 10 heteroatoms. The van der Waals surface area contributed by atoms with Crippen LogP contribution < -0.4 is 0 Å². The van der Waals surface area contributed by atoms with Gasteiger partial charge in [0.1, 0.15) is 11.1 Å². The molecule has 0 unspecified atom stereocenters. The van der Waals surface area contributed by atoms with Crippen molar-refractivity contribution in [2.24, 2.45) is 0 Å². The average Bonchev–Trinajstić information content (AvgIpc) is 2.11. The Kier molecular flexibility index (Phi) is 3.42. The molecule has 0 heterocycles. The number of rotatable bonds is 0. The van der Waals surface area contributed by atoms with Crippen LogP contribution in [-0.2, 0) is 23.6 Å². The second-order valence-electron chi connectivity index (χ2n) is 3.36. The summed E-state index contributed by atoms with van der Waals surface area (Å²) in [5.41, 5.74) is -7.61. The first-order valence-corrected chi connectivity index (χ1v) is 4.32. The van der Waals surface area contributed by atoms with Crippen molar-refractivity contribution in [2.45, 2.75) is 18.5 Å². The molecule has 0 aliphatic heterocycles. The number of hydrogen-bond acceptors (Lipinski definition) is 0. The Morgan fingerprint density at radius 2 is 1.00 bits per heavy atom. The molecule has 0 bridgehead atoms. The van der Waals surface area contributed by atoms with Crippen LogP contribution in [0.1, 0.15) is 16.7 Å². The van der Waals surface area contributed by atoms with Crippen molar-refractivity contribution in [3.63, 3.8) is 0 Å². The van der Waals surface area contributed by atoms with E-state index in [0.717, 1.165) is 0 Å². The minimum absolute atomic E-state index is 0.319. The lowest BCUT2D eigenvalue weighted by atomic mass is 10.0. The van der Waals surface area contributed by atoms with E-state index >= 15 is 0 Å². The normalized spacial score (nSPS) is 13.7. The zero-order chi connectivity index (χ0) is 15.2. The lowest BCUT2D eigenvalue weighted by molar-refractivity contribution is -0.165. The molecule has 1 radical (unpaired) electrons. The van der Waals surface area contributed by atoms with E-state index in [9.17, 15) is 44.6 Å². The zero-order valence-corrected chi connectivity index (χ0v) is 8.46. The highest BCUT2D eigenvalue weighted by atomic mass is 19.4. The third kappa shape index (κ3) is 3.04. The topological polar surface area (TPSA) is 19.9 Å². The predicted octanol–water partition coefficient (Wildman–Crippen LogP) is 4.89. The highest BCUT2D eigenvalue weighted by molar-refractivity contribution is 5.49. The number of halogens is 9. The summed E-state index contributed by atoms with van der Waals surface area (Å²) in [5, 5.41) is 11.0. The van der Waals surface area contributed by atoms with E-state index < -0.39 is 47.0 Å². The Labute approximate surface area is 98.8 Å². The van der Waals surface area contributed by atoms with Crippen molar-refractivity contribution >= 4 is 0 Å². The second kappa shape index (κ2) is 4.20. The van der Waals surface area contributed by atoms with Crippen molar-refractivity contribution in [3.05, 3.63) is 28.8 Å². The van der Waals surface area contributed by atoms with Crippen molar-refractivity contribution in [2.75, 3.05) is 0 Å². The first kappa shape index (κ1) is 15.4. The lowest BCUT2D eigenvalue weighted by Gasteiger charge is -2.18. The van der Waals surface area contributed by atoms with Gasteiger partial charge in [-0.1, -0.05) is 0 Å². The van der Waals surface area contributed by atoms with Crippen LogP contribution in [0.25, 0.3) is 0 Å². The number of benzene rings is 1. The summed E-state index contributed by atoms with van der Waals surface area (Å²) in [5.74, 6) is -2.74. The quantitative estimate of drug-likeness (QED) is 0.608. The molecule has 0 saturated heterocycles. The molecular weight excluding hydrogens is 295 g/mol. The summed E-state index contributed by atoms with van der Waals surface area (Å²) >= 11 is 0. The van der Waals surface area contributed by atoms with Crippen LogP contribution in [0.15, 0.2) is 12.1 Å². The van der Waals surface area contributed by atoms with E-state index in [4.69, 9.17) is 0 Å². The van der Waals surface area contributed by atoms with Gasteiger partial charge in [-0.05, 0) is 12.1 Å². The number of alkyl halides is 9. The van der Waals surface area contributed by atoms with Crippen LogP contribution in [0, 0.1) is 0 Å². The summed E-state index contributed by atoms with van der Waals surface area (Å²) in [6.45, 7) is 0. The van der Waals surface area contributed by atoms with Gasteiger partial charge in [0.05, 0.1) is 5.56 Å². The molecular formula is C9H2F9O. The van der Waals surface area contributed by atoms with Gasteiger partial charge in [-0.25, -0.2) is 0 Å². The average molecular weight is 297 g/mol. The summed E-state index contributed by atoms with van der Waals surface area (Å²) in [6, 6.07) is -0.729. The molecule has 0 saturated carbocycles. The fourth-order valence-electron chi connectivity index (χ4n) is 1.32. The first-order valence-electron chi connectivity index (χ1n) is 4.32. The van der Waals surface area contributed by atoms with E-state index in [0.29, 0.717) is 0 Å². The van der Waals surface area contributed by atoms with Crippen LogP contribution in [0.2, 0.25) is 0 Å². The maximum absolute atomic E-state index is 12.3. The third-order valence-electron chi connectivity index (χ3n) is 2.05. The van der Waals surface area contributed by atoms with Crippen molar-refractivity contribution in [1.82, 2.24) is 0 Å². The maximum atomic E-state index is 12.3. The molecule has 0 aliphatic rings. The Balaban J connectivity index is 3.71. The number of hydrogen-bond donors (Lipinski definition) is 0. The standard InChI is InChI=1S/C9H2F9O/c10-7(11,12)3-1-2-4(8(13,14)15)6(19)5(3)9(16,17)18/h1-2H. The van der Waals surface area contributed by atoms with Crippen LogP contribution >= 0.6 is 0 Å². The third-order valence-corrected chi connectivity index (χ3v) is 2.05. The monoisotopic (exact) mass is 297 g/mol. The van der Waals surface area contributed by atoms with Gasteiger partial charge in [0.2, 0.25) is 5.75 Å². The first-order chi connectivity index (χ1) is 8.26.